The van der Waals surface area contributed by atoms with Gasteiger partial charge in [0.05, 0.1) is 13.3 Å². The lowest BCUT2D eigenvalue weighted by molar-refractivity contribution is 0.132. The molecule has 0 aromatic heterocycles. The van der Waals surface area contributed by atoms with Crippen LogP contribution in [0.15, 0.2) is 84.0 Å². The van der Waals surface area contributed by atoms with E-state index in [0.29, 0.717) is 6.61 Å². The summed E-state index contributed by atoms with van der Waals surface area (Å²) in [5.74, 6) is 7.10. The molecule has 0 radical (unpaired) electrons. The first-order chi connectivity index (χ1) is 12.8. The molecular formula is C23H19NO2. The third kappa shape index (κ3) is 4.99. The molecule has 3 rings (SSSR count). The molecule has 3 nitrogen and oxygen atoms in total. The molecule has 3 aromatic rings. The lowest BCUT2D eigenvalue weighted by atomic mass is 10.1. The molecule has 128 valence electrons. The van der Waals surface area contributed by atoms with E-state index in [9.17, 15) is 0 Å². The van der Waals surface area contributed by atoms with E-state index in [1.165, 1.54) is 0 Å². The molecule has 0 spiro atoms. The molecule has 0 bridgehead atoms. The molecule has 0 amide bonds. The predicted octanol–water partition coefficient (Wildman–Crippen LogP) is 4.65. The molecule has 0 fully saturated rings. The Labute approximate surface area is 153 Å². The van der Waals surface area contributed by atoms with Gasteiger partial charge in [0, 0.05) is 16.7 Å². The van der Waals surface area contributed by atoms with Gasteiger partial charge in [-0.2, -0.15) is 0 Å². The first-order valence-electron chi connectivity index (χ1n) is 8.29. The SMILES string of the molecule is COc1ccc(C#Cc2ccccc2)c(/C=N/OCc2ccccc2)c1. The van der Waals surface area contributed by atoms with Gasteiger partial charge in [0.1, 0.15) is 12.4 Å². The Balaban J connectivity index is 1.76. The minimum Gasteiger partial charge on any atom is -0.497 e. The second kappa shape index (κ2) is 9.10. The summed E-state index contributed by atoms with van der Waals surface area (Å²) in [5.41, 5.74) is 3.74. The number of methoxy groups -OCH3 is 1. The number of benzene rings is 3. The van der Waals surface area contributed by atoms with Crippen LogP contribution in [-0.4, -0.2) is 13.3 Å². The van der Waals surface area contributed by atoms with E-state index < -0.39 is 0 Å². The molecule has 3 heteroatoms. The molecule has 0 N–H and O–H groups in total. The van der Waals surface area contributed by atoms with Gasteiger partial charge in [0.2, 0.25) is 0 Å². The van der Waals surface area contributed by atoms with Gasteiger partial charge in [-0.1, -0.05) is 65.5 Å². The van der Waals surface area contributed by atoms with Gasteiger partial charge < -0.3 is 9.57 Å². The van der Waals surface area contributed by atoms with Gasteiger partial charge >= 0.3 is 0 Å². The molecule has 26 heavy (non-hydrogen) atoms. The van der Waals surface area contributed by atoms with Crippen molar-refractivity contribution in [2.45, 2.75) is 6.61 Å². The fraction of sp³-hybridized carbons (Fsp3) is 0.0870. The first kappa shape index (κ1) is 17.3. The van der Waals surface area contributed by atoms with E-state index in [4.69, 9.17) is 9.57 Å². The highest BCUT2D eigenvalue weighted by Gasteiger charge is 2.01. The van der Waals surface area contributed by atoms with Crippen LogP contribution >= 0.6 is 0 Å². The van der Waals surface area contributed by atoms with Crippen molar-refractivity contribution < 1.29 is 9.57 Å². The lowest BCUT2D eigenvalue weighted by Gasteiger charge is -2.04. The Morgan fingerprint density at radius 3 is 2.35 bits per heavy atom. The summed E-state index contributed by atoms with van der Waals surface area (Å²) in [5, 5.41) is 4.08. The number of hydrogen-bond acceptors (Lipinski definition) is 3. The average Bonchev–Trinajstić information content (AvgIpc) is 2.71. The quantitative estimate of drug-likeness (QED) is 0.384. The van der Waals surface area contributed by atoms with Crippen molar-refractivity contribution in [2.24, 2.45) is 5.16 Å². The van der Waals surface area contributed by atoms with Crippen molar-refractivity contribution in [3.8, 4) is 17.6 Å². The van der Waals surface area contributed by atoms with Crippen molar-refractivity contribution in [1.29, 1.82) is 0 Å². The van der Waals surface area contributed by atoms with E-state index in [-0.39, 0.29) is 0 Å². The molecule has 0 aliphatic carbocycles. The number of nitrogens with zero attached hydrogens (tertiary/aromatic N) is 1. The third-order valence-corrected chi connectivity index (χ3v) is 3.71. The molecule has 0 saturated heterocycles. The third-order valence-electron chi connectivity index (χ3n) is 3.71. The monoisotopic (exact) mass is 341 g/mol. The minimum absolute atomic E-state index is 0.423. The van der Waals surface area contributed by atoms with Crippen LogP contribution in [0.5, 0.6) is 5.75 Å². The number of oxime groups is 1. The van der Waals surface area contributed by atoms with Crippen molar-refractivity contribution >= 4 is 6.21 Å². The summed E-state index contributed by atoms with van der Waals surface area (Å²) in [6.07, 6.45) is 1.67. The maximum atomic E-state index is 5.40. The van der Waals surface area contributed by atoms with Gasteiger partial charge in [-0.05, 0) is 35.9 Å². The van der Waals surface area contributed by atoms with E-state index in [1.807, 2.05) is 78.9 Å². The number of hydrogen-bond donors (Lipinski definition) is 0. The van der Waals surface area contributed by atoms with Gasteiger partial charge in [0.25, 0.3) is 0 Å². The number of ether oxygens (including phenoxy) is 1. The zero-order valence-electron chi connectivity index (χ0n) is 14.6. The molecule has 0 heterocycles. The maximum Gasteiger partial charge on any atom is 0.142 e. The Morgan fingerprint density at radius 1 is 0.885 bits per heavy atom. The van der Waals surface area contributed by atoms with Crippen LogP contribution < -0.4 is 4.74 Å². The van der Waals surface area contributed by atoms with E-state index in [0.717, 1.165) is 28.0 Å². The maximum absolute atomic E-state index is 5.40. The molecular weight excluding hydrogens is 322 g/mol. The number of rotatable bonds is 5. The highest BCUT2D eigenvalue weighted by atomic mass is 16.6. The largest absolute Gasteiger partial charge is 0.497 e. The molecule has 0 unspecified atom stereocenters. The molecule has 0 atom stereocenters. The summed E-state index contributed by atoms with van der Waals surface area (Å²) in [7, 11) is 1.64. The predicted molar refractivity (Wildman–Crippen MR) is 104 cm³/mol. The van der Waals surface area contributed by atoms with Crippen LogP contribution in [0.2, 0.25) is 0 Å². The summed E-state index contributed by atoms with van der Waals surface area (Å²) in [6, 6.07) is 25.5. The van der Waals surface area contributed by atoms with Crippen LogP contribution in [-0.2, 0) is 11.4 Å². The summed E-state index contributed by atoms with van der Waals surface area (Å²) in [4.78, 5) is 5.40. The second-order valence-electron chi connectivity index (χ2n) is 5.56. The van der Waals surface area contributed by atoms with E-state index in [2.05, 4.69) is 17.0 Å². The summed E-state index contributed by atoms with van der Waals surface area (Å²) >= 11 is 0. The summed E-state index contributed by atoms with van der Waals surface area (Å²) in [6.45, 7) is 0.423. The van der Waals surface area contributed by atoms with Crippen LogP contribution in [0.25, 0.3) is 0 Å². The smallest absolute Gasteiger partial charge is 0.142 e. The van der Waals surface area contributed by atoms with Crippen LogP contribution in [0, 0.1) is 11.8 Å². The van der Waals surface area contributed by atoms with Gasteiger partial charge in [-0.15, -0.1) is 0 Å². The zero-order valence-corrected chi connectivity index (χ0v) is 14.6. The van der Waals surface area contributed by atoms with Crippen molar-refractivity contribution in [2.75, 3.05) is 7.11 Å². The Hall–Kier alpha value is -3.51. The van der Waals surface area contributed by atoms with Crippen LogP contribution in [0.1, 0.15) is 22.3 Å². The van der Waals surface area contributed by atoms with E-state index >= 15 is 0 Å². The molecule has 0 saturated carbocycles. The highest BCUT2D eigenvalue weighted by molar-refractivity contribution is 5.84. The Morgan fingerprint density at radius 2 is 1.62 bits per heavy atom. The normalized spacial score (nSPS) is 10.2. The Bertz CT molecular complexity index is 923. The minimum atomic E-state index is 0.423. The van der Waals surface area contributed by atoms with Gasteiger partial charge in [-0.25, -0.2) is 0 Å². The van der Waals surface area contributed by atoms with Crippen molar-refractivity contribution in [3.63, 3.8) is 0 Å². The van der Waals surface area contributed by atoms with E-state index in [1.54, 1.807) is 13.3 Å². The standard InChI is InChI=1S/C23H19NO2/c1-25-23-15-14-21(13-12-19-8-4-2-5-9-19)22(16-23)17-24-26-18-20-10-6-3-7-11-20/h2-11,14-17H,18H2,1H3/b24-17+. The molecule has 0 aliphatic heterocycles. The average molecular weight is 341 g/mol. The van der Waals surface area contributed by atoms with Crippen LogP contribution in [0.3, 0.4) is 0 Å². The zero-order chi connectivity index (χ0) is 18.0. The topological polar surface area (TPSA) is 30.8 Å². The van der Waals surface area contributed by atoms with Gasteiger partial charge in [0.15, 0.2) is 0 Å². The summed E-state index contributed by atoms with van der Waals surface area (Å²) < 4.78 is 5.30. The lowest BCUT2D eigenvalue weighted by Crippen LogP contribution is -1.93. The molecule has 0 aliphatic rings. The highest BCUT2D eigenvalue weighted by Crippen LogP contribution is 2.16. The van der Waals surface area contributed by atoms with Crippen molar-refractivity contribution in [1.82, 2.24) is 0 Å². The fourth-order valence-electron chi connectivity index (χ4n) is 2.33. The first-order valence-corrected chi connectivity index (χ1v) is 8.29. The fourth-order valence-corrected chi connectivity index (χ4v) is 2.33. The molecule has 3 aromatic carbocycles. The van der Waals surface area contributed by atoms with Crippen molar-refractivity contribution in [3.05, 3.63) is 101 Å². The second-order valence-corrected chi connectivity index (χ2v) is 5.56. The Kier molecular flexibility index (Phi) is 6.06. The van der Waals surface area contributed by atoms with Crippen LogP contribution in [0.4, 0.5) is 0 Å². The van der Waals surface area contributed by atoms with Gasteiger partial charge in [-0.3, -0.25) is 0 Å².